The lowest BCUT2D eigenvalue weighted by Crippen LogP contribution is -2.04. The first-order valence-corrected chi connectivity index (χ1v) is 4.40. The molecule has 0 atom stereocenters. The Labute approximate surface area is 73.7 Å². The van der Waals surface area contributed by atoms with Crippen LogP contribution in [0.15, 0.2) is 23.8 Å². The third-order valence-corrected chi connectivity index (χ3v) is 2.39. The molecule has 0 aliphatic heterocycles. The molecule has 2 rings (SSSR count). The molecular weight excluding hydrogens is 172 g/mol. The molecule has 12 heavy (non-hydrogen) atoms. The molecule has 5 heteroatoms. The molecular formula is C7H8N4S. The zero-order chi connectivity index (χ0) is 8.39. The van der Waals surface area contributed by atoms with Gasteiger partial charge in [0.05, 0.1) is 6.54 Å². The van der Waals surface area contributed by atoms with Gasteiger partial charge in [-0.25, -0.2) is 9.67 Å². The number of nitrogens with zero attached hydrogens (tertiary/aromatic N) is 3. The topological polar surface area (TPSA) is 56.7 Å². The molecule has 0 radical (unpaired) electrons. The largest absolute Gasteiger partial charge is 0.368 e. The second-order valence-electron chi connectivity index (χ2n) is 2.36. The summed E-state index contributed by atoms with van der Waals surface area (Å²) in [7, 11) is 0. The lowest BCUT2D eigenvalue weighted by Gasteiger charge is -1.98. The van der Waals surface area contributed by atoms with Crippen LogP contribution in [-0.2, 0) is 6.54 Å². The molecule has 0 bridgehead atoms. The van der Waals surface area contributed by atoms with Gasteiger partial charge in [0.25, 0.3) is 0 Å². The summed E-state index contributed by atoms with van der Waals surface area (Å²) in [5.74, 6) is 0.461. The molecule has 2 aromatic heterocycles. The number of nitrogen functional groups attached to an aromatic ring is 1. The number of aromatic nitrogens is 3. The summed E-state index contributed by atoms with van der Waals surface area (Å²) in [4.78, 5) is 5.06. The smallest absolute Gasteiger partial charge is 0.218 e. The van der Waals surface area contributed by atoms with Gasteiger partial charge in [0.1, 0.15) is 6.33 Å². The van der Waals surface area contributed by atoms with Gasteiger partial charge in [-0.3, -0.25) is 0 Å². The standard InChI is InChI=1S/C7H8N4S/c8-7-9-5-10-11(7)4-6-2-1-3-12-6/h1-3,5H,4H2,(H2,8,9,10). The van der Waals surface area contributed by atoms with E-state index in [9.17, 15) is 0 Å². The fraction of sp³-hybridized carbons (Fsp3) is 0.143. The fourth-order valence-electron chi connectivity index (χ4n) is 0.945. The van der Waals surface area contributed by atoms with Crippen LogP contribution in [0.3, 0.4) is 0 Å². The molecule has 2 N–H and O–H groups in total. The van der Waals surface area contributed by atoms with Gasteiger partial charge < -0.3 is 5.73 Å². The number of anilines is 1. The van der Waals surface area contributed by atoms with Gasteiger partial charge >= 0.3 is 0 Å². The summed E-state index contributed by atoms with van der Waals surface area (Å²) in [6.45, 7) is 0.712. The minimum Gasteiger partial charge on any atom is -0.368 e. The maximum atomic E-state index is 5.55. The summed E-state index contributed by atoms with van der Waals surface area (Å²) in [5.41, 5.74) is 5.55. The highest BCUT2D eigenvalue weighted by molar-refractivity contribution is 7.09. The van der Waals surface area contributed by atoms with Gasteiger partial charge in [0.15, 0.2) is 0 Å². The first-order chi connectivity index (χ1) is 5.86. The van der Waals surface area contributed by atoms with E-state index in [4.69, 9.17) is 5.73 Å². The maximum Gasteiger partial charge on any atom is 0.218 e. The molecule has 2 aromatic rings. The molecule has 0 fully saturated rings. The van der Waals surface area contributed by atoms with Crippen molar-refractivity contribution < 1.29 is 0 Å². The fourth-order valence-corrected chi connectivity index (χ4v) is 1.63. The van der Waals surface area contributed by atoms with Gasteiger partial charge in [0.2, 0.25) is 5.95 Å². The second-order valence-corrected chi connectivity index (χ2v) is 3.39. The number of hydrogen-bond donors (Lipinski definition) is 1. The van der Waals surface area contributed by atoms with Crippen LogP contribution in [0.1, 0.15) is 4.88 Å². The Hall–Kier alpha value is -1.36. The molecule has 0 saturated heterocycles. The second kappa shape index (κ2) is 2.94. The normalized spacial score (nSPS) is 10.3. The van der Waals surface area contributed by atoms with E-state index in [2.05, 4.69) is 10.1 Å². The van der Waals surface area contributed by atoms with Crippen molar-refractivity contribution in [3.63, 3.8) is 0 Å². The summed E-state index contributed by atoms with van der Waals surface area (Å²) < 4.78 is 1.67. The van der Waals surface area contributed by atoms with E-state index in [1.54, 1.807) is 16.0 Å². The van der Waals surface area contributed by atoms with Crippen LogP contribution in [0.25, 0.3) is 0 Å². The van der Waals surface area contributed by atoms with Gasteiger partial charge in [-0.05, 0) is 11.4 Å². The zero-order valence-electron chi connectivity index (χ0n) is 6.34. The van der Waals surface area contributed by atoms with Gasteiger partial charge in [0, 0.05) is 4.88 Å². The van der Waals surface area contributed by atoms with Crippen LogP contribution in [0.2, 0.25) is 0 Å². The Morgan fingerprint density at radius 1 is 1.58 bits per heavy atom. The van der Waals surface area contributed by atoms with Crippen LogP contribution in [0, 0.1) is 0 Å². The third kappa shape index (κ3) is 1.31. The molecule has 2 heterocycles. The SMILES string of the molecule is Nc1ncnn1Cc1cccs1. The lowest BCUT2D eigenvalue weighted by molar-refractivity contribution is 0.704. The monoisotopic (exact) mass is 180 g/mol. The van der Waals surface area contributed by atoms with Crippen molar-refractivity contribution in [2.45, 2.75) is 6.54 Å². The Kier molecular flexibility index (Phi) is 1.79. The van der Waals surface area contributed by atoms with Crippen molar-refractivity contribution in [2.24, 2.45) is 0 Å². The van der Waals surface area contributed by atoms with Gasteiger partial charge in [-0.2, -0.15) is 5.10 Å². The minimum atomic E-state index is 0.461. The number of hydrogen-bond acceptors (Lipinski definition) is 4. The van der Waals surface area contributed by atoms with Crippen LogP contribution in [0.5, 0.6) is 0 Å². The summed E-state index contributed by atoms with van der Waals surface area (Å²) in [6.07, 6.45) is 1.46. The number of rotatable bonds is 2. The van der Waals surface area contributed by atoms with Crippen LogP contribution in [0.4, 0.5) is 5.95 Å². The van der Waals surface area contributed by atoms with Crippen LogP contribution in [-0.4, -0.2) is 14.8 Å². The van der Waals surface area contributed by atoms with Crippen LogP contribution >= 0.6 is 11.3 Å². The van der Waals surface area contributed by atoms with Crippen molar-refractivity contribution in [2.75, 3.05) is 5.73 Å². The van der Waals surface area contributed by atoms with Crippen molar-refractivity contribution in [3.8, 4) is 0 Å². The molecule has 0 aliphatic carbocycles. The van der Waals surface area contributed by atoms with E-state index in [1.165, 1.54) is 11.2 Å². The van der Waals surface area contributed by atoms with Crippen molar-refractivity contribution in [1.29, 1.82) is 0 Å². The van der Waals surface area contributed by atoms with Crippen molar-refractivity contribution in [3.05, 3.63) is 28.7 Å². The first kappa shape index (κ1) is 7.30. The Morgan fingerprint density at radius 3 is 3.08 bits per heavy atom. The van der Waals surface area contributed by atoms with E-state index in [-0.39, 0.29) is 0 Å². The molecule has 4 nitrogen and oxygen atoms in total. The average molecular weight is 180 g/mol. The quantitative estimate of drug-likeness (QED) is 0.749. The van der Waals surface area contributed by atoms with E-state index >= 15 is 0 Å². The molecule has 62 valence electrons. The third-order valence-electron chi connectivity index (χ3n) is 1.53. The van der Waals surface area contributed by atoms with E-state index in [0.29, 0.717) is 12.5 Å². The van der Waals surface area contributed by atoms with Gasteiger partial charge in [-0.15, -0.1) is 11.3 Å². The molecule has 0 saturated carbocycles. The Bertz CT molecular complexity index is 351. The van der Waals surface area contributed by atoms with E-state index in [1.807, 2.05) is 17.5 Å². The minimum absolute atomic E-state index is 0.461. The average Bonchev–Trinajstić information content (AvgIpc) is 2.65. The highest BCUT2D eigenvalue weighted by Gasteiger charge is 2.00. The predicted octanol–water partition coefficient (Wildman–Crippen LogP) is 0.970. The molecule has 0 amide bonds. The first-order valence-electron chi connectivity index (χ1n) is 3.52. The highest BCUT2D eigenvalue weighted by Crippen LogP contribution is 2.10. The molecule has 0 aromatic carbocycles. The Balaban J connectivity index is 2.20. The number of thiophene rings is 1. The van der Waals surface area contributed by atoms with Crippen molar-refractivity contribution >= 4 is 17.3 Å². The molecule has 0 spiro atoms. The summed E-state index contributed by atoms with van der Waals surface area (Å²) in [6, 6.07) is 4.05. The predicted molar refractivity (Wildman–Crippen MR) is 47.9 cm³/mol. The maximum absolute atomic E-state index is 5.55. The Morgan fingerprint density at radius 2 is 2.50 bits per heavy atom. The molecule has 0 aliphatic rings. The highest BCUT2D eigenvalue weighted by atomic mass is 32.1. The summed E-state index contributed by atoms with van der Waals surface area (Å²) in [5, 5.41) is 6.01. The summed E-state index contributed by atoms with van der Waals surface area (Å²) >= 11 is 1.69. The van der Waals surface area contributed by atoms with Gasteiger partial charge in [-0.1, -0.05) is 6.07 Å². The van der Waals surface area contributed by atoms with E-state index < -0.39 is 0 Å². The zero-order valence-corrected chi connectivity index (χ0v) is 7.16. The lowest BCUT2D eigenvalue weighted by atomic mass is 10.5. The number of nitrogens with two attached hydrogens (primary N) is 1. The van der Waals surface area contributed by atoms with Crippen molar-refractivity contribution in [1.82, 2.24) is 14.8 Å². The van der Waals surface area contributed by atoms with E-state index in [0.717, 1.165) is 0 Å². The molecule has 0 unspecified atom stereocenters. The van der Waals surface area contributed by atoms with Crippen LogP contribution < -0.4 is 5.73 Å².